The molecule has 4 aromatic carbocycles. The van der Waals surface area contributed by atoms with Gasteiger partial charge in [-0.3, -0.25) is 34.4 Å². The van der Waals surface area contributed by atoms with Gasteiger partial charge in [0.1, 0.15) is 63.5 Å². The van der Waals surface area contributed by atoms with Crippen LogP contribution in [0.2, 0.25) is 0 Å². The van der Waals surface area contributed by atoms with Gasteiger partial charge in [0.2, 0.25) is 41.6 Å². The minimum Gasteiger partial charge on any atom is -0.487 e. The number of sulfonamides is 4. The molecule has 0 unspecified atom stereocenters. The van der Waals surface area contributed by atoms with Gasteiger partial charge in [0.25, 0.3) is 40.1 Å². The molecule has 4 aliphatic heterocycles. The van der Waals surface area contributed by atoms with Crippen molar-refractivity contribution >= 4 is 87.6 Å². The van der Waals surface area contributed by atoms with Gasteiger partial charge in [-0.05, 0) is 257 Å². The minimum atomic E-state index is -4.37. The summed E-state index contributed by atoms with van der Waals surface area (Å²) in [5.74, 6) is -3.86. The Morgan fingerprint density at radius 3 is 0.805 bits per heavy atom. The van der Waals surface area contributed by atoms with E-state index in [0.717, 1.165) is 22.3 Å². The first-order valence-electron chi connectivity index (χ1n) is 37.5. The van der Waals surface area contributed by atoms with Crippen LogP contribution in [-0.4, -0.2) is 159 Å². The molecule has 4 heterocycles. The number of rotatable bonds is 31. The zero-order chi connectivity index (χ0) is 84.7. The van der Waals surface area contributed by atoms with E-state index in [1.54, 1.807) is 83.1 Å². The molecule has 4 atom stereocenters. The van der Waals surface area contributed by atoms with Crippen LogP contribution in [0, 0.1) is 83.1 Å². The van der Waals surface area contributed by atoms with E-state index in [1.807, 2.05) is 55.4 Å². The summed E-state index contributed by atoms with van der Waals surface area (Å²) in [6, 6.07) is -6.17. The lowest BCUT2D eigenvalue weighted by Gasteiger charge is -2.25. The van der Waals surface area contributed by atoms with Gasteiger partial charge < -0.3 is 68.7 Å². The Morgan fingerprint density at radius 2 is 0.566 bits per heavy atom. The molecule has 33 nitrogen and oxygen atoms in total. The highest BCUT2D eigenvalue weighted by molar-refractivity contribution is 7.91. The van der Waals surface area contributed by atoms with Crippen LogP contribution in [0.3, 0.4) is 0 Å². The van der Waals surface area contributed by atoms with Crippen LogP contribution >= 0.6 is 0 Å². The molecule has 4 aromatic rings. The van der Waals surface area contributed by atoms with Gasteiger partial charge >= 0.3 is 5.97 Å². The van der Waals surface area contributed by atoms with E-state index in [-0.39, 0.29) is 97.1 Å². The topological polar surface area (TPSA) is 526 Å². The number of fused-ring (bicyclic) bond motifs is 4. The van der Waals surface area contributed by atoms with Gasteiger partial charge in [0, 0.05) is 74.1 Å². The molecule has 3 amide bonds. The molecule has 8 rings (SSSR count). The first-order chi connectivity index (χ1) is 52.0. The summed E-state index contributed by atoms with van der Waals surface area (Å²) in [6.45, 7) is 34.9. The maximum Gasteiger partial charge on any atom is 0.326 e. The molecule has 18 N–H and O–H groups in total. The third-order valence-electron chi connectivity index (χ3n) is 21.2. The van der Waals surface area contributed by atoms with Crippen LogP contribution < -0.4 is 82.5 Å². The third-order valence-corrected chi connectivity index (χ3v) is 27.7. The number of carbonyl (C=O) groups is 4. The zero-order valence-electron chi connectivity index (χ0n) is 68.4. The number of carbonyl (C=O) groups excluding carboxylic acids is 3. The number of nitrogens with zero attached hydrogens (tertiary/aromatic N) is 4. The van der Waals surface area contributed by atoms with Crippen LogP contribution in [0.25, 0.3) is 0 Å². The fourth-order valence-corrected chi connectivity index (χ4v) is 21.3. The van der Waals surface area contributed by atoms with Crippen molar-refractivity contribution in [3.8, 4) is 23.0 Å². The van der Waals surface area contributed by atoms with Crippen LogP contribution in [-0.2, 0) is 85.0 Å². The highest BCUT2D eigenvalue weighted by Gasteiger charge is 2.42. The Balaban J connectivity index is 1.02. The Labute approximate surface area is 664 Å². The molecule has 0 saturated heterocycles. The summed E-state index contributed by atoms with van der Waals surface area (Å²) in [4.78, 5) is 73.7. The number of carboxylic acid groups (broad SMARTS) is 1. The summed E-state index contributed by atoms with van der Waals surface area (Å²) in [5.41, 5.74) is 38.3. The van der Waals surface area contributed by atoms with E-state index in [1.165, 1.54) is 0 Å². The number of nitrogens with one attached hydrogen (secondary N) is 7. The number of hydrogen-bond donors (Lipinski definition) is 13. The van der Waals surface area contributed by atoms with E-state index < -0.39 is 134 Å². The number of aliphatic imine (C=N–C) groups is 4. The van der Waals surface area contributed by atoms with Crippen molar-refractivity contribution < 1.29 is 76.9 Å². The van der Waals surface area contributed by atoms with Crippen molar-refractivity contribution in [2.75, 3.05) is 26.2 Å². The monoisotopic (exact) mass is 1650 g/mol. The van der Waals surface area contributed by atoms with Crippen molar-refractivity contribution in [2.24, 2.45) is 48.6 Å². The molecule has 37 heteroatoms. The smallest absolute Gasteiger partial charge is 0.326 e. The van der Waals surface area contributed by atoms with Crippen LogP contribution in [0.15, 0.2) is 39.6 Å². The number of hydrogen-bond acceptors (Lipinski definition) is 21. The van der Waals surface area contributed by atoms with Gasteiger partial charge in [-0.2, -0.15) is 0 Å². The van der Waals surface area contributed by atoms with Gasteiger partial charge in [-0.15, -0.1) is 0 Å². The predicted molar refractivity (Wildman–Crippen MR) is 432 cm³/mol. The van der Waals surface area contributed by atoms with Crippen molar-refractivity contribution in [2.45, 2.75) is 282 Å². The Bertz CT molecular complexity index is 5110. The quantitative estimate of drug-likeness (QED) is 0.0184. The summed E-state index contributed by atoms with van der Waals surface area (Å²) >= 11 is 0. The van der Waals surface area contributed by atoms with Crippen LogP contribution in [0.5, 0.6) is 23.0 Å². The van der Waals surface area contributed by atoms with Gasteiger partial charge in [-0.25, -0.2) is 57.4 Å². The summed E-state index contributed by atoms with van der Waals surface area (Å²) in [7, 11) is -17.3. The van der Waals surface area contributed by atoms with E-state index in [4.69, 9.17) is 47.6 Å². The molecule has 4 aliphatic rings. The normalized spacial score (nSPS) is 17.4. The van der Waals surface area contributed by atoms with Crippen LogP contribution in [0.4, 0.5) is 0 Å². The average molecular weight is 1650 g/mol. The Morgan fingerprint density at radius 1 is 0.354 bits per heavy atom. The van der Waals surface area contributed by atoms with E-state index in [2.05, 4.69) is 54.8 Å². The number of ether oxygens (including phenoxy) is 4. The SMILES string of the molecule is Cc1c(C)c(S(=O)(=O)NC(N)=NCCC[C@H](NC(=O)[C@H](CCCN=C(N)NS(=O)(=O)c2c(C)c(C)c3c(c2C)CC(C)(C)O3)NC(=O)[C@H](CCCN=C(N)NS(=O)(=O)c2c(C)c(C)c3c(c2C)CC(C)(C)O3)NC(=O)[C@@H](N)CCCN=C(N)NS(=O)(=O)c2c(C)c(C)c3c(c2C)CC(C)(C)O3)C(=O)O)c(C)c2c1OC(C)(C)C2. The lowest BCUT2D eigenvalue weighted by Crippen LogP contribution is -2.57. The van der Waals surface area contributed by atoms with Crippen molar-refractivity contribution in [3.05, 3.63) is 89.0 Å². The second-order valence-corrected chi connectivity index (χ2v) is 38.9. The second-order valence-electron chi connectivity index (χ2n) is 32.4. The lowest BCUT2D eigenvalue weighted by molar-refractivity contribution is -0.142. The molecule has 0 aromatic heterocycles. The van der Waals surface area contributed by atoms with Crippen molar-refractivity contribution in [1.82, 2.24) is 34.8 Å². The molecule has 0 radical (unpaired) electrons. The highest BCUT2D eigenvalue weighted by Crippen LogP contribution is 2.48. The highest BCUT2D eigenvalue weighted by atomic mass is 32.2. The average Bonchev–Trinajstić information content (AvgIpc) is 1.66. The maximum absolute atomic E-state index is 14.9. The fourth-order valence-electron chi connectivity index (χ4n) is 15.2. The number of carboxylic acids is 1. The van der Waals surface area contributed by atoms with E-state index >= 15 is 0 Å². The molecule has 0 spiro atoms. The Kier molecular flexibility index (Phi) is 26.6. The van der Waals surface area contributed by atoms with Crippen LogP contribution in [0.1, 0.15) is 196 Å². The molecule has 0 aliphatic carbocycles. The Hall–Kier alpha value is -9.20. The fraction of sp³-hybridized carbons (Fsp3) is 0.579. The number of aliphatic carboxylic acids is 1. The van der Waals surface area contributed by atoms with Gasteiger partial charge in [0.05, 0.1) is 25.6 Å². The predicted octanol–water partition coefficient (Wildman–Crippen LogP) is 4.70. The third kappa shape index (κ3) is 20.3. The molecule has 113 heavy (non-hydrogen) atoms. The first-order valence-corrected chi connectivity index (χ1v) is 43.5. The van der Waals surface area contributed by atoms with Crippen molar-refractivity contribution in [3.63, 3.8) is 0 Å². The first kappa shape index (κ1) is 89.4. The molecule has 0 fully saturated rings. The summed E-state index contributed by atoms with van der Waals surface area (Å²) in [5, 5.41) is 18.3. The molecular weight excluding hydrogens is 1540 g/mol. The van der Waals surface area contributed by atoms with Gasteiger partial charge in [0.15, 0.2) is 0 Å². The standard InChI is InChI=1S/C76H114N16O17S4/c1-37-41(5)61(45(9)49-33-73(13,14)106-57(37)49)110(98,99)89-69(78)82-29-21-25-53(77)65(93)86-54(26-22-30-83-70(79)90-111(100,101)62-42(6)38(2)58-50(46(62)10)34-74(15,16)107-58)66(94)87-55(27-23-31-84-71(80)91-112(102,103)63-43(7)39(3)59-51(47(63)11)35-75(17,18)108-59)67(95)88-56(68(96)97)28-24-32-85-72(81)92-113(104,105)64-44(8)40(4)60-52(48(64)12)36-76(19,20)109-60/h53-56H,21-36,77H2,1-20H3,(H,86,93)(H,87,94)(H,88,95)(H,96,97)(H3,78,82,89)(H3,79,83,90)(H3,80,84,91)(H3,81,85,92)/t53-,54-,55-,56-/m0/s1. The number of guanidine groups is 4. The largest absolute Gasteiger partial charge is 0.487 e. The number of benzene rings is 4. The summed E-state index contributed by atoms with van der Waals surface area (Å²) in [6.07, 6.45) is 0.675. The summed E-state index contributed by atoms with van der Waals surface area (Å²) < 4.78 is 146. The number of amides is 3. The molecular formula is C76H114N16O17S4. The number of nitrogens with two attached hydrogens (primary N) is 5. The minimum absolute atomic E-state index is 0.000423. The van der Waals surface area contributed by atoms with Gasteiger partial charge in [-0.1, -0.05) is 0 Å². The molecule has 0 saturated carbocycles. The van der Waals surface area contributed by atoms with Crippen molar-refractivity contribution in [1.29, 1.82) is 0 Å². The zero-order valence-corrected chi connectivity index (χ0v) is 71.7. The molecule has 0 bridgehead atoms. The van der Waals surface area contributed by atoms with E-state index in [0.29, 0.717) is 115 Å². The second kappa shape index (κ2) is 33.7. The maximum atomic E-state index is 14.9. The lowest BCUT2D eigenvalue weighted by atomic mass is 9.94. The molecule has 624 valence electrons. The van der Waals surface area contributed by atoms with E-state index in [9.17, 15) is 58.0 Å².